The Hall–Kier alpha value is -0.0500. The number of hydrogen-bond acceptors (Lipinski definition) is 2. The molecule has 1 aromatic rings. The molecule has 0 aliphatic rings. The van der Waals surface area contributed by atoms with Crippen molar-refractivity contribution in [2.45, 2.75) is 32.9 Å². The van der Waals surface area contributed by atoms with Crippen LogP contribution in [0.25, 0.3) is 0 Å². The van der Waals surface area contributed by atoms with Gasteiger partial charge in [0.2, 0.25) is 0 Å². The van der Waals surface area contributed by atoms with Gasteiger partial charge in [-0.3, -0.25) is 4.90 Å². The number of nitrogens with zero attached hydrogens (tertiary/aromatic N) is 1. The SMILES string of the molecule is CC(C)N(CCCCl)Cc1ccsc1. The lowest BCUT2D eigenvalue weighted by atomic mass is 10.2. The van der Waals surface area contributed by atoms with Gasteiger partial charge in [-0.2, -0.15) is 11.3 Å². The van der Waals surface area contributed by atoms with Gasteiger partial charge in [0, 0.05) is 18.5 Å². The highest BCUT2D eigenvalue weighted by Gasteiger charge is 2.09. The number of rotatable bonds is 6. The summed E-state index contributed by atoms with van der Waals surface area (Å²) in [4.78, 5) is 2.46. The van der Waals surface area contributed by atoms with Crippen molar-refractivity contribution in [3.8, 4) is 0 Å². The van der Waals surface area contributed by atoms with E-state index in [0.29, 0.717) is 6.04 Å². The second-order valence-electron chi connectivity index (χ2n) is 3.74. The van der Waals surface area contributed by atoms with Gasteiger partial charge in [-0.15, -0.1) is 11.6 Å². The topological polar surface area (TPSA) is 3.24 Å². The predicted octanol–water partition coefficient (Wildman–Crippen LogP) is 3.59. The van der Waals surface area contributed by atoms with Gasteiger partial charge in [0.25, 0.3) is 0 Å². The lowest BCUT2D eigenvalue weighted by molar-refractivity contribution is 0.214. The van der Waals surface area contributed by atoms with E-state index in [2.05, 4.69) is 35.6 Å². The summed E-state index contributed by atoms with van der Waals surface area (Å²) >= 11 is 7.47. The first-order valence-electron chi connectivity index (χ1n) is 5.05. The van der Waals surface area contributed by atoms with E-state index in [9.17, 15) is 0 Å². The van der Waals surface area contributed by atoms with Crippen molar-refractivity contribution >= 4 is 22.9 Å². The van der Waals surface area contributed by atoms with Crippen LogP contribution in [0.3, 0.4) is 0 Å². The molecule has 0 spiro atoms. The van der Waals surface area contributed by atoms with Crippen LogP contribution in [0, 0.1) is 0 Å². The van der Waals surface area contributed by atoms with Crippen LogP contribution < -0.4 is 0 Å². The van der Waals surface area contributed by atoms with Gasteiger partial charge in [0.05, 0.1) is 0 Å². The molecule has 80 valence electrons. The van der Waals surface area contributed by atoms with Crippen molar-refractivity contribution in [3.63, 3.8) is 0 Å². The van der Waals surface area contributed by atoms with Crippen molar-refractivity contribution in [2.24, 2.45) is 0 Å². The Bertz CT molecular complexity index is 233. The Labute approximate surface area is 95.7 Å². The summed E-state index contributed by atoms with van der Waals surface area (Å²) in [5.41, 5.74) is 1.42. The molecule has 0 atom stereocenters. The second kappa shape index (κ2) is 6.44. The molecule has 1 nitrogen and oxygen atoms in total. The first-order valence-corrected chi connectivity index (χ1v) is 6.53. The summed E-state index contributed by atoms with van der Waals surface area (Å²) in [6.07, 6.45) is 1.07. The van der Waals surface area contributed by atoms with E-state index in [1.165, 1.54) is 5.56 Å². The highest BCUT2D eigenvalue weighted by atomic mass is 35.5. The van der Waals surface area contributed by atoms with Crippen LogP contribution in [0.2, 0.25) is 0 Å². The van der Waals surface area contributed by atoms with Crippen LogP contribution in [0.1, 0.15) is 25.8 Å². The molecule has 0 aliphatic heterocycles. The third-order valence-electron chi connectivity index (χ3n) is 2.28. The van der Waals surface area contributed by atoms with Gasteiger partial charge in [-0.25, -0.2) is 0 Å². The Morgan fingerprint density at radius 3 is 2.79 bits per heavy atom. The predicted molar refractivity (Wildman–Crippen MR) is 65.2 cm³/mol. The third kappa shape index (κ3) is 3.99. The fraction of sp³-hybridized carbons (Fsp3) is 0.636. The molecule has 0 fully saturated rings. The zero-order valence-corrected chi connectivity index (χ0v) is 10.4. The minimum atomic E-state index is 0.595. The summed E-state index contributed by atoms with van der Waals surface area (Å²) in [7, 11) is 0. The van der Waals surface area contributed by atoms with E-state index < -0.39 is 0 Å². The summed E-state index contributed by atoms with van der Waals surface area (Å²) < 4.78 is 0. The molecule has 3 heteroatoms. The zero-order valence-electron chi connectivity index (χ0n) is 8.87. The van der Waals surface area contributed by atoms with Crippen LogP contribution in [0.5, 0.6) is 0 Å². The second-order valence-corrected chi connectivity index (χ2v) is 4.90. The minimum absolute atomic E-state index is 0.595. The van der Waals surface area contributed by atoms with E-state index in [1.54, 1.807) is 11.3 Å². The van der Waals surface area contributed by atoms with Gasteiger partial charge < -0.3 is 0 Å². The summed E-state index contributed by atoms with van der Waals surface area (Å²) in [5.74, 6) is 0.757. The molecular weight excluding hydrogens is 214 g/mol. The Balaban J connectivity index is 2.43. The molecule has 0 saturated carbocycles. The maximum absolute atomic E-state index is 5.71. The van der Waals surface area contributed by atoms with Gasteiger partial charge in [-0.1, -0.05) is 0 Å². The highest BCUT2D eigenvalue weighted by molar-refractivity contribution is 7.07. The van der Waals surface area contributed by atoms with Gasteiger partial charge in [-0.05, 0) is 49.2 Å². The fourth-order valence-electron chi connectivity index (χ4n) is 1.40. The average Bonchev–Trinajstić information content (AvgIpc) is 2.64. The minimum Gasteiger partial charge on any atom is -0.297 e. The maximum Gasteiger partial charge on any atom is 0.0244 e. The Morgan fingerprint density at radius 2 is 2.29 bits per heavy atom. The summed E-state index contributed by atoms with van der Waals surface area (Å²) in [5, 5.41) is 4.35. The van der Waals surface area contributed by atoms with E-state index in [1.807, 2.05) is 0 Å². The molecule has 0 amide bonds. The Morgan fingerprint density at radius 1 is 1.50 bits per heavy atom. The van der Waals surface area contributed by atoms with Crippen molar-refractivity contribution < 1.29 is 0 Å². The first-order chi connectivity index (χ1) is 6.74. The average molecular weight is 232 g/mol. The van der Waals surface area contributed by atoms with E-state index in [-0.39, 0.29) is 0 Å². The van der Waals surface area contributed by atoms with Crippen molar-refractivity contribution in [1.29, 1.82) is 0 Å². The zero-order chi connectivity index (χ0) is 10.4. The summed E-state index contributed by atoms with van der Waals surface area (Å²) in [6, 6.07) is 2.79. The molecular formula is C11H18ClNS. The lowest BCUT2D eigenvalue weighted by Gasteiger charge is -2.25. The molecule has 1 rings (SSSR count). The molecule has 0 unspecified atom stereocenters. The van der Waals surface area contributed by atoms with Crippen molar-refractivity contribution in [1.82, 2.24) is 4.90 Å². The molecule has 14 heavy (non-hydrogen) atoms. The van der Waals surface area contributed by atoms with Gasteiger partial charge >= 0.3 is 0 Å². The lowest BCUT2D eigenvalue weighted by Crippen LogP contribution is -2.31. The Kier molecular flexibility index (Phi) is 5.53. The van der Waals surface area contributed by atoms with Crippen LogP contribution in [0.15, 0.2) is 16.8 Å². The third-order valence-corrected chi connectivity index (χ3v) is 3.27. The quantitative estimate of drug-likeness (QED) is 0.677. The summed E-state index contributed by atoms with van der Waals surface area (Å²) in [6.45, 7) is 6.62. The van der Waals surface area contributed by atoms with Crippen molar-refractivity contribution in [2.75, 3.05) is 12.4 Å². The largest absolute Gasteiger partial charge is 0.297 e. The molecule has 0 aromatic carbocycles. The smallest absolute Gasteiger partial charge is 0.0244 e. The van der Waals surface area contributed by atoms with Crippen LogP contribution in [-0.4, -0.2) is 23.4 Å². The van der Waals surface area contributed by atoms with Crippen molar-refractivity contribution in [3.05, 3.63) is 22.4 Å². The molecule has 0 bridgehead atoms. The standard InChI is InChI=1S/C11H18ClNS/c1-10(2)13(6-3-5-12)8-11-4-7-14-9-11/h4,7,9-10H,3,5-6,8H2,1-2H3. The van der Waals surface area contributed by atoms with Gasteiger partial charge in [0.15, 0.2) is 0 Å². The molecule has 0 radical (unpaired) electrons. The molecule has 1 heterocycles. The monoisotopic (exact) mass is 231 g/mol. The number of hydrogen-bond donors (Lipinski definition) is 0. The van der Waals surface area contributed by atoms with Gasteiger partial charge in [0.1, 0.15) is 0 Å². The first kappa shape index (κ1) is 12.0. The number of halogens is 1. The number of alkyl halides is 1. The number of thiophene rings is 1. The normalized spacial score (nSPS) is 11.5. The van der Waals surface area contributed by atoms with Crippen LogP contribution >= 0.6 is 22.9 Å². The fourth-order valence-corrected chi connectivity index (χ4v) is 2.18. The molecule has 0 N–H and O–H groups in total. The van der Waals surface area contributed by atoms with E-state index in [4.69, 9.17) is 11.6 Å². The van der Waals surface area contributed by atoms with E-state index >= 15 is 0 Å². The van der Waals surface area contributed by atoms with E-state index in [0.717, 1.165) is 25.4 Å². The molecule has 1 aromatic heterocycles. The molecule has 0 aliphatic carbocycles. The van der Waals surface area contributed by atoms with Crippen LogP contribution in [0.4, 0.5) is 0 Å². The highest BCUT2D eigenvalue weighted by Crippen LogP contribution is 2.12. The maximum atomic E-state index is 5.71. The molecule has 0 saturated heterocycles. The van der Waals surface area contributed by atoms with Crippen LogP contribution in [-0.2, 0) is 6.54 Å².